The Labute approximate surface area is 96.9 Å². The summed E-state index contributed by atoms with van der Waals surface area (Å²) >= 11 is 2.96. The molecular weight excluding hydrogens is 226 g/mol. The third-order valence-corrected chi connectivity index (χ3v) is 4.20. The lowest BCUT2D eigenvalue weighted by Gasteiger charge is -2.09. The average molecular weight is 237 g/mol. The molecule has 0 saturated heterocycles. The third-order valence-electron chi connectivity index (χ3n) is 2.01. The zero-order valence-corrected chi connectivity index (χ0v) is 10.2. The van der Waals surface area contributed by atoms with Gasteiger partial charge >= 0.3 is 0 Å². The van der Waals surface area contributed by atoms with Gasteiger partial charge in [-0.25, -0.2) is 0 Å². The molecule has 78 valence electrons. The zero-order valence-electron chi connectivity index (χ0n) is 8.56. The number of benzene rings is 1. The number of hydrogen-bond acceptors (Lipinski definition) is 3. The van der Waals surface area contributed by atoms with Crippen molar-refractivity contribution >= 4 is 38.4 Å². The standard InChI is InChI=1S/C11H11NOS2/c1-12(2)11(13)15-9-5-3-4-8-6-7-14-10(8)9/h3-7H,1-2H3. The van der Waals surface area contributed by atoms with Gasteiger partial charge in [0.05, 0.1) is 0 Å². The Morgan fingerprint density at radius 2 is 2.13 bits per heavy atom. The van der Waals surface area contributed by atoms with Crippen LogP contribution >= 0.6 is 23.1 Å². The maximum atomic E-state index is 11.6. The Kier molecular flexibility index (Phi) is 2.98. The highest BCUT2D eigenvalue weighted by atomic mass is 32.2. The summed E-state index contributed by atoms with van der Waals surface area (Å²) in [6.45, 7) is 0. The first-order valence-electron chi connectivity index (χ1n) is 4.54. The molecule has 1 heterocycles. The predicted molar refractivity (Wildman–Crippen MR) is 66.8 cm³/mol. The number of carbonyl (C=O) groups is 1. The summed E-state index contributed by atoms with van der Waals surface area (Å²) in [5, 5.41) is 3.32. The first kappa shape index (κ1) is 10.5. The van der Waals surface area contributed by atoms with Gasteiger partial charge in [0.25, 0.3) is 5.24 Å². The van der Waals surface area contributed by atoms with Gasteiger partial charge in [-0.1, -0.05) is 12.1 Å². The lowest BCUT2D eigenvalue weighted by Crippen LogP contribution is -2.15. The first-order chi connectivity index (χ1) is 7.18. The second kappa shape index (κ2) is 4.24. The van der Waals surface area contributed by atoms with Gasteiger partial charge in [-0.3, -0.25) is 4.79 Å². The van der Waals surface area contributed by atoms with E-state index in [0.717, 1.165) is 4.90 Å². The minimum absolute atomic E-state index is 0.0656. The molecule has 15 heavy (non-hydrogen) atoms. The largest absolute Gasteiger partial charge is 0.339 e. The number of fused-ring (bicyclic) bond motifs is 1. The highest BCUT2D eigenvalue weighted by molar-refractivity contribution is 8.13. The van der Waals surface area contributed by atoms with Crippen LogP contribution in [0.3, 0.4) is 0 Å². The van der Waals surface area contributed by atoms with Gasteiger partial charge in [0.15, 0.2) is 0 Å². The number of amides is 1. The Bertz CT molecular complexity index is 490. The van der Waals surface area contributed by atoms with Crippen LogP contribution in [0.1, 0.15) is 0 Å². The van der Waals surface area contributed by atoms with Gasteiger partial charge in [0.2, 0.25) is 0 Å². The molecule has 4 heteroatoms. The van der Waals surface area contributed by atoms with E-state index in [2.05, 4.69) is 17.5 Å². The van der Waals surface area contributed by atoms with Crippen molar-refractivity contribution in [1.82, 2.24) is 4.90 Å². The van der Waals surface area contributed by atoms with E-state index in [1.165, 1.54) is 21.8 Å². The van der Waals surface area contributed by atoms with Crippen LogP contribution in [0.25, 0.3) is 10.1 Å². The number of carbonyl (C=O) groups excluding carboxylic acids is 1. The van der Waals surface area contributed by atoms with Crippen LogP contribution in [0.4, 0.5) is 4.79 Å². The lowest BCUT2D eigenvalue weighted by molar-refractivity contribution is 0.241. The van der Waals surface area contributed by atoms with Crippen LogP contribution in [-0.4, -0.2) is 24.2 Å². The van der Waals surface area contributed by atoms with Crippen molar-refractivity contribution in [1.29, 1.82) is 0 Å². The van der Waals surface area contributed by atoms with Gasteiger partial charge in [-0.05, 0) is 34.7 Å². The van der Waals surface area contributed by atoms with Crippen LogP contribution in [0.5, 0.6) is 0 Å². The van der Waals surface area contributed by atoms with Gasteiger partial charge in [0.1, 0.15) is 0 Å². The highest BCUT2D eigenvalue weighted by Gasteiger charge is 2.09. The van der Waals surface area contributed by atoms with Crippen molar-refractivity contribution in [2.45, 2.75) is 4.90 Å². The molecule has 0 N–H and O–H groups in total. The van der Waals surface area contributed by atoms with Crippen LogP contribution in [-0.2, 0) is 0 Å². The number of nitrogens with zero attached hydrogens (tertiary/aromatic N) is 1. The van der Waals surface area contributed by atoms with Crippen molar-refractivity contribution < 1.29 is 4.79 Å². The van der Waals surface area contributed by atoms with E-state index in [-0.39, 0.29) is 5.24 Å². The highest BCUT2D eigenvalue weighted by Crippen LogP contribution is 2.32. The molecule has 0 aliphatic rings. The molecule has 2 aromatic rings. The molecule has 1 amide bonds. The SMILES string of the molecule is CN(C)C(=O)Sc1cccc2ccsc12. The lowest BCUT2D eigenvalue weighted by atomic mass is 10.3. The summed E-state index contributed by atoms with van der Waals surface area (Å²) in [7, 11) is 3.54. The van der Waals surface area contributed by atoms with E-state index in [9.17, 15) is 4.79 Å². The second-order valence-corrected chi connectivity index (χ2v) is 5.27. The predicted octanol–water partition coefficient (Wildman–Crippen LogP) is 3.68. The molecule has 0 spiro atoms. The normalized spacial score (nSPS) is 10.5. The number of thioether (sulfide) groups is 1. The van der Waals surface area contributed by atoms with E-state index < -0.39 is 0 Å². The van der Waals surface area contributed by atoms with E-state index in [4.69, 9.17) is 0 Å². The number of hydrogen-bond donors (Lipinski definition) is 0. The maximum absolute atomic E-state index is 11.6. The maximum Gasteiger partial charge on any atom is 0.285 e. The first-order valence-corrected chi connectivity index (χ1v) is 6.23. The quantitative estimate of drug-likeness (QED) is 0.705. The van der Waals surface area contributed by atoms with Gasteiger partial charge in [-0.15, -0.1) is 11.3 Å². The van der Waals surface area contributed by atoms with Crippen LogP contribution in [0.2, 0.25) is 0 Å². The smallest absolute Gasteiger partial charge is 0.285 e. The molecule has 0 unspecified atom stereocenters. The van der Waals surface area contributed by atoms with E-state index in [0.29, 0.717) is 0 Å². The summed E-state index contributed by atoms with van der Waals surface area (Å²) in [6, 6.07) is 8.12. The Morgan fingerprint density at radius 3 is 2.87 bits per heavy atom. The minimum atomic E-state index is 0.0656. The average Bonchev–Trinajstić information content (AvgIpc) is 2.66. The summed E-state index contributed by atoms with van der Waals surface area (Å²) in [6.07, 6.45) is 0. The Morgan fingerprint density at radius 1 is 1.33 bits per heavy atom. The number of thiophene rings is 1. The Hall–Kier alpha value is -1.00. The van der Waals surface area contributed by atoms with Gasteiger partial charge in [0, 0.05) is 23.7 Å². The topological polar surface area (TPSA) is 20.3 Å². The molecular formula is C11H11NOS2. The molecule has 0 saturated carbocycles. The summed E-state index contributed by atoms with van der Waals surface area (Å²) in [5.74, 6) is 0. The molecule has 1 aromatic carbocycles. The summed E-state index contributed by atoms with van der Waals surface area (Å²) in [4.78, 5) is 14.2. The van der Waals surface area contributed by atoms with Crippen molar-refractivity contribution in [3.05, 3.63) is 29.6 Å². The summed E-state index contributed by atoms with van der Waals surface area (Å²) in [5.41, 5.74) is 0. The van der Waals surface area contributed by atoms with Crippen molar-refractivity contribution in [2.75, 3.05) is 14.1 Å². The van der Waals surface area contributed by atoms with Gasteiger partial charge < -0.3 is 4.90 Å². The van der Waals surface area contributed by atoms with Crippen molar-refractivity contribution in [3.8, 4) is 0 Å². The molecule has 0 fully saturated rings. The number of rotatable bonds is 1. The summed E-state index contributed by atoms with van der Waals surface area (Å²) < 4.78 is 1.19. The van der Waals surface area contributed by atoms with E-state index in [1.54, 1.807) is 30.3 Å². The van der Waals surface area contributed by atoms with Crippen LogP contribution in [0, 0.1) is 0 Å². The van der Waals surface area contributed by atoms with E-state index in [1.807, 2.05) is 12.1 Å². The molecule has 2 rings (SSSR count). The minimum Gasteiger partial charge on any atom is -0.339 e. The van der Waals surface area contributed by atoms with Crippen molar-refractivity contribution in [2.24, 2.45) is 0 Å². The second-order valence-electron chi connectivity index (χ2n) is 3.36. The Balaban J connectivity index is 2.35. The monoisotopic (exact) mass is 237 g/mol. The van der Waals surface area contributed by atoms with Crippen LogP contribution in [0.15, 0.2) is 34.5 Å². The molecule has 1 aromatic heterocycles. The zero-order chi connectivity index (χ0) is 10.8. The van der Waals surface area contributed by atoms with Crippen LogP contribution < -0.4 is 0 Å². The van der Waals surface area contributed by atoms with E-state index >= 15 is 0 Å². The fourth-order valence-electron chi connectivity index (χ4n) is 1.23. The molecule has 0 radical (unpaired) electrons. The fourth-order valence-corrected chi connectivity index (χ4v) is 3.04. The van der Waals surface area contributed by atoms with Crippen molar-refractivity contribution in [3.63, 3.8) is 0 Å². The molecule has 2 nitrogen and oxygen atoms in total. The molecule has 0 bridgehead atoms. The molecule has 0 atom stereocenters. The molecule has 0 aliphatic carbocycles. The fraction of sp³-hybridized carbons (Fsp3) is 0.182. The third kappa shape index (κ3) is 2.16. The van der Waals surface area contributed by atoms with Gasteiger partial charge in [-0.2, -0.15) is 0 Å². The molecule has 0 aliphatic heterocycles.